The molecule has 0 aliphatic heterocycles. The molecule has 41 heavy (non-hydrogen) atoms. The van der Waals surface area contributed by atoms with Gasteiger partial charge in [-0.2, -0.15) is 0 Å². The number of rotatable bonds is 8. The minimum atomic E-state index is -4.24. The third kappa shape index (κ3) is 6.14. The van der Waals surface area contributed by atoms with E-state index in [-0.39, 0.29) is 0 Å². The Balaban J connectivity index is 2.43. The Labute approximate surface area is 252 Å². The van der Waals surface area contributed by atoms with Crippen molar-refractivity contribution in [1.82, 2.24) is 0 Å². The molecule has 0 aliphatic carbocycles. The molecule has 0 N–H and O–H groups in total. The van der Waals surface area contributed by atoms with Crippen molar-refractivity contribution >= 4 is 32.7 Å². The van der Waals surface area contributed by atoms with Crippen molar-refractivity contribution in [2.24, 2.45) is 0 Å². The second kappa shape index (κ2) is 13.5. The van der Waals surface area contributed by atoms with E-state index in [1.807, 2.05) is 0 Å². The van der Waals surface area contributed by atoms with E-state index >= 15 is 0 Å². The first kappa shape index (κ1) is 30.6. The Bertz CT molecular complexity index is 1330. The van der Waals surface area contributed by atoms with Crippen LogP contribution in [0, 0.1) is 0 Å². The van der Waals surface area contributed by atoms with Gasteiger partial charge in [0.1, 0.15) is 0 Å². The van der Waals surface area contributed by atoms with Crippen LogP contribution < -0.4 is 0 Å². The van der Waals surface area contributed by atoms with E-state index in [0.29, 0.717) is 0 Å². The van der Waals surface area contributed by atoms with Gasteiger partial charge in [-0.3, -0.25) is 0 Å². The molecule has 0 fully saturated rings. The fourth-order valence-corrected chi connectivity index (χ4v) is 26.4. The van der Waals surface area contributed by atoms with Crippen LogP contribution in [0.15, 0.2) is 144 Å². The molecule has 4 rings (SSSR count). The summed E-state index contributed by atoms with van der Waals surface area (Å²) in [4.78, 5) is 0. The van der Waals surface area contributed by atoms with Crippen LogP contribution in [0.25, 0.3) is 14.4 Å². The second-order valence-electron chi connectivity index (χ2n) is 11.7. The SMILES string of the molecule is CC(C)=[C](c1ccccc1)[Sn]([C](=C(C)C)c1ccccc1)([C](=C(C)C)c1ccccc1)[C](=C(C)C)c1ccccc1. The topological polar surface area (TPSA) is 0 Å². The van der Waals surface area contributed by atoms with Gasteiger partial charge in [0, 0.05) is 0 Å². The first-order valence-corrected chi connectivity index (χ1v) is 20.4. The van der Waals surface area contributed by atoms with Crippen LogP contribution in [0.3, 0.4) is 0 Å². The maximum atomic E-state index is 2.34. The molecule has 0 saturated heterocycles. The van der Waals surface area contributed by atoms with Gasteiger partial charge in [-0.1, -0.05) is 0 Å². The molecule has 4 aromatic carbocycles. The molecule has 0 atom stereocenters. The predicted octanol–water partition coefficient (Wildman–Crippen LogP) is 11.6. The van der Waals surface area contributed by atoms with Crippen LogP contribution in [0.4, 0.5) is 0 Å². The first-order valence-electron chi connectivity index (χ1n) is 14.6. The van der Waals surface area contributed by atoms with Gasteiger partial charge in [-0.05, 0) is 0 Å². The van der Waals surface area contributed by atoms with Gasteiger partial charge in [0.25, 0.3) is 0 Å². The summed E-state index contributed by atoms with van der Waals surface area (Å²) in [5.74, 6) is 0. The molecule has 0 aromatic heterocycles. The zero-order valence-electron chi connectivity index (χ0n) is 26.0. The fraction of sp³-hybridized carbons (Fsp3) is 0.200. The molecule has 0 spiro atoms. The summed E-state index contributed by atoms with van der Waals surface area (Å²) in [7, 11) is 0. The van der Waals surface area contributed by atoms with Gasteiger partial charge in [-0.25, -0.2) is 0 Å². The van der Waals surface area contributed by atoms with Crippen LogP contribution in [0.5, 0.6) is 0 Å². The number of benzene rings is 4. The van der Waals surface area contributed by atoms with Gasteiger partial charge >= 0.3 is 254 Å². The molecule has 0 bridgehead atoms. The monoisotopic (exact) mass is 644 g/mol. The van der Waals surface area contributed by atoms with E-state index in [4.69, 9.17) is 0 Å². The summed E-state index contributed by atoms with van der Waals surface area (Å²) in [5, 5.41) is 0. The molecule has 0 heterocycles. The van der Waals surface area contributed by atoms with Crippen molar-refractivity contribution < 1.29 is 0 Å². The van der Waals surface area contributed by atoms with Gasteiger partial charge in [0.2, 0.25) is 0 Å². The van der Waals surface area contributed by atoms with Crippen LogP contribution in [0.2, 0.25) is 0 Å². The standard InChI is InChI=1S/4C10H11.Sn/c4*1-9(2)8-10-6-4-3-5-7-10;/h4*3-7H,1-2H3;. The molecule has 1 heteroatoms. The zero-order valence-corrected chi connectivity index (χ0v) is 28.9. The number of allylic oxidation sites excluding steroid dienone is 4. The third-order valence-electron chi connectivity index (χ3n) is 7.75. The first-order chi connectivity index (χ1) is 19.7. The van der Waals surface area contributed by atoms with Gasteiger partial charge in [0.15, 0.2) is 0 Å². The van der Waals surface area contributed by atoms with E-state index in [2.05, 4.69) is 177 Å². The maximum absolute atomic E-state index is 4.24. The van der Waals surface area contributed by atoms with E-state index < -0.39 is 18.4 Å². The average molecular weight is 644 g/mol. The third-order valence-corrected chi connectivity index (χ3v) is 25.3. The van der Waals surface area contributed by atoms with E-state index in [0.717, 1.165) is 0 Å². The van der Waals surface area contributed by atoms with Crippen molar-refractivity contribution in [3.63, 3.8) is 0 Å². The summed E-state index contributed by atoms with van der Waals surface area (Å²) in [6.45, 7) is 18.7. The minimum absolute atomic E-state index is 1.34. The van der Waals surface area contributed by atoms with Gasteiger partial charge in [-0.15, -0.1) is 0 Å². The Morgan fingerprint density at radius 2 is 0.463 bits per heavy atom. The van der Waals surface area contributed by atoms with Crippen molar-refractivity contribution in [1.29, 1.82) is 0 Å². The Hall–Kier alpha value is -3.36. The average Bonchev–Trinajstić information content (AvgIpc) is 2.95. The van der Waals surface area contributed by atoms with Crippen LogP contribution >= 0.6 is 0 Å². The van der Waals surface area contributed by atoms with E-state index in [9.17, 15) is 0 Å². The molecule has 0 amide bonds. The van der Waals surface area contributed by atoms with Crippen molar-refractivity contribution in [3.05, 3.63) is 166 Å². The van der Waals surface area contributed by atoms with Crippen LogP contribution in [-0.4, -0.2) is 18.4 Å². The molecule has 208 valence electrons. The molecule has 4 aromatic rings. The molecule has 0 radical (unpaired) electrons. The van der Waals surface area contributed by atoms with E-state index in [1.54, 1.807) is 14.4 Å². The Kier molecular flexibility index (Phi) is 10.1. The molecular weight excluding hydrogens is 599 g/mol. The molecular formula is C40H44Sn. The van der Waals surface area contributed by atoms with Crippen LogP contribution in [0.1, 0.15) is 77.6 Å². The molecule has 0 aliphatic rings. The second-order valence-corrected chi connectivity index (χ2v) is 21.7. The summed E-state index contributed by atoms with van der Waals surface area (Å²) in [6, 6.07) is 44.9. The van der Waals surface area contributed by atoms with Crippen LogP contribution in [-0.2, 0) is 0 Å². The summed E-state index contributed by atoms with van der Waals surface area (Å²) in [6.07, 6.45) is 0. The quantitative estimate of drug-likeness (QED) is 0.168. The summed E-state index contributed by atoms with van der Waals surface area (Å²) in [5.41, 5.74) is 10.9. The Morgan fingerprint density at radius 3 is 0.610 bits per heavy atom. The van der Waals surface area contributed by atoms with Crippen molar-refractivity contribution in [3.8, 4) is 0 Å². The molecule has 0 unspecified atom stereocenters. The van der Waals surface area contributed by atoms with Crippen molar-refractivity contribution in [2.45, 2.75) is 55.4 Å². The van der Waals surface area contributed by atoms with Gasteiger partial charge in [0.05, 0.1) is 0 Å². The Morgan fingerprint density at radius 1 is 0.293 bits per heavy atom. The predicted molar refractivity (Wildman–Crippen MR) is 185 cm³/mol. The van der Waals surface area contributed by atoms with E-state index in [1.165, 1.54) is 44.5 Å². The molecule has 0 nitrogen and oxygen atoms in total. The molecule has 0 saturated carbocycles. The fourth-order valence-electron chi connectivity index (χ4n) is 6.69. The normalized spacial score (nSPS) is 10.9. The van der Waals surface area contributed by atoms with Gasteiger partial charge < -0.3 is 0 Å². The summed E-state index contributed by atoms with van der Waals surface area (Å²) >= 11 is -4.24. The zero-order chi connectivity index (χ0) is 29.6. The number of hydrogen-bond acceptors (Lipinski definition) is 0. The summed E-state index contributed by atoms with van der Waals surface area (Å²) < 4.78 is 6.17. The van der Waals surface area contributed by atoms with Crippen molar-refractivity contribution in [2.75, 3.05) is 0 Å². The number of hydrogen-bond donors (Lipinski definition) is 0.